The van der Waals surface area contributed by atoms with Crippen molar-refractivity contribution in [2.45, 2.75) is 25.5 Å². The molecule has 5 rings (SSSR count). The third-order valence-electron chi connectivity index (χ3n) is 5.67. The van der Waals surface area contributed by atoms with Gasteiger partial charge >= 0.3 is 5.97 Å². The molecular formula is C22H21NO5. The molecule has 2 heterocycles. The third kappa shape index (κ3) is 2.27. The molecule has 2 aliphatic heterocycles. The Labute approximate surface area is 162 Å². The normalized spacial score (nSPS) is 21.8. The number of nitrogens with zero attached hydrogens (tertiary/aromatic N) is 1. The molecule has 0 amide bonds. The minimum Gasteiger partial charge on any atom is -0.464 e. The molecule has 0 aromatic heterocycles. The van der Waals surface area contributed by atoms with Crippen LogP contribution in [0, 0.1) is 0 Å². The number of hydrogen-bond acceptors (Lipinski definition) is 6. The Bertz CT molecular complexity index is 1030. The number of carbonyl (C=O) groups excluding carboxylic acids is 1. The van der Waals surface area contributed by atoms with E-state index in [0.29, 0.717) is 17.9 Å². The van der Waals surface area contributed by atoms with Gasteiger partial charge in [-0.3, -0.25) is 0 Å². The molecule has 28 heavy (non-hydrogen) atoms. The van der Waals surface area contributed by atoms with Crippen molar-refractivity contribution in [2.75, 3.05) is 20.4 Å². The van der Waals surface area contributed by atoms with Crippen LogP contribution in [-0.4, -0.2) is 36.4 Å². The number of aliphatic hydroxyl groups is 1. The van der Waals surface area contributed by atoms with E-state index in [1.165, 1.54) is 0 Å². The molecule has 0 bridgehead atoms. The smallest absolute Gasteiger partial charge is 0.343 e. The molecule has 1 unspecified atom stereocenters. The van der Waals surface area contributed by atoms with E-state index in [-0.39, 0.29) is 19.8 Å². The molecule has 2 aromatic rings. The van der Waals surface area contributed by atoms with Crippen LogP contribution in [0.2, 0.25) is 0 Å². The van der Waals surface area contributed by atoms with Gasteiger partial charge in [0.25, 0.3) is 0 Å². The molecular weight excluding hydrogens is 358 g/mol. The van der Waals surface area contributed by atoms with E-state index in [9.17, 15) is 9.90 Å². The van der Waals surface area contributed by atoms with Crippen LogP contribution in [0.4, 0.5) is 0 Å². The fourth-order valence-electron chi connectivity index (χ4n) is 4.47. The van der Waals surface area contributed by atoms with Crippen molar-refractivity contribution in [3.63, 3.8) is 0 Å². The van der Waals surface area contributed by atoms with Gasteiger partial charge in [-0.2, -0.15) is 0 Å². The molecule has 0 spiro atoms. The molecule has 2 aromatic carbocycles. The number of hydrogen-bond donors (Lipinski definition) is 1. The summed E-state index contributed by atoms with van der Waals surface area (Å²) in [6.07, 6.45) is 0.148. The molecule has 1 atom stereocenters. The summed E-state index contributed by atoms with van der Waals surface area (Å²) in [5, 5.41) is 11.5. The second-order valence-corrected chi connectivity index (χ2v) is 7.35. The van der Waals surface area contributed by atoms with Gasteiger partial charge in [-0.15, -0.1) is 0 Å². The molecule has 0 saturated carbocycles. The van der Waals surface area contributed by atoms with E-state index >= 15 is 0 Å². The van der Waals surface area contributed by atoms with Crippen molar-refractivity contribution in [1.29, 1.82) is 0 Å². The van der Waals surface area contributed by atoms with E-state index in [4.69, 9.17) is 14.2 Å². The summed E-state index contributed by atoms with van der Waals surface area (Å²) >= 11 is 0. The molecule has 6 heteroatoms. The first-order valence-electron chi connectivity index (χ1n) is 9.39. The van der Waals surface area contributed by atoms with Crippen molar-refractivity contribution >= 4 is 17.2 Å². The van der Waals surface area contributed by atoms with E-state index in [1.807, 2.05) is 37.4 Å². The first kappa shape index (κ1) is 17.1. The highest BCUT2D eigenvalue weighted by molar-refractivity contribution is 6.00. The Morgan fingerprint density at radius 2 is 1.96 bits per heavy atom. The number of ether oxygens (including phenoxy) is 3. The molecule has 0 radical (unpaired) electrons. The number of rotatable bonds is 2. The Hall–Kier alpha value is -2.99. The van der Waals surface area contributed by atoms with E-state index < -0.39 is 11.6 Å². The number of carbonyl (C=O) groups is 1. The fourth-order valence-corrected chi connectivity index (χ4v) is 4.47. The van der Waals surface area contributed by atoms with Crippen LogP contribution in [-0.2, 0) is 21.7 Å². The standard InChI is InChI=1S/C22H21NO5/c1-3-26-21(24)22(25)10-16-15-9-19-18(27-12-28-19)8-13(15)11-23(2)20(16)14-6-4-5-7-17(14)22/h4-9,25H,3,10-12H2,1-2H3. The van der Waals surface area contributed by atoms with Crippen LogP contribution in [0.25, 0.3) is 11.3 Å². The van der Waals surface area contributed by atoms with Crippen molar-refractivity contribution in [3.8, 4) is 11.5 Å². The molecule has 1 N–H and O–H groups in total. The van der Waals surface area contributed by atoms with Gasteiger partial charge in [0.1, 0.15) is 0 Å². The number of fused-ring (bicyclic) bond motifs is 5. The predicted molar refractivity (Wildman–Crippen MR) is 102 cm³/mol. The zero-order valence-electron chi connectivity index (χ0n) is 15.8. The van der Waals surface area contributed by atoms with Gasteiger partial charge in [-0.1, -0.05) is 24.3 Å². The lowest BCUT2D eigenvalue weighted by atomic mass is 9.73. The van der Waals surface area contributed by atoms with Crippen molar-refractivity contribution < 1.29 is 24.1 Å². The van der Waals surface area contributed by atoms with Crippen LogP contribution < -0.4 is 9.47 Å². The lowest BCUT2D eigenvalue weighted by molar-refractivity contribution is -0.166. The second kappa shape index (κ2) is 6.01. The molecule has 6 nitrogen and oxygen atoms in total. The van der Waals surface area contributed by atoms with Gasteiger partial charge in [0.15, 0.2) is 17.1 Å². The molecule has 0 saturated heterocycles. The summed E-state index contributed by atoms with van der Waals surface area (Å²) in [5.74, 6) is 0.797. The van der Waals surface area contributed by atoms with Gasteiger partial charge in [-0.05, 0) is 35.8 Å². The first-order valence-corrected chi connectivity index (χ1v) is 9.39. The third-order valence-corrected chi connectivity index (χ3v) is 5.67. The average molecular weight is 379 g/mol. The lowest BCUT2D eigenvalue weighted by Crippen LogP contribution is -2.42. The Morgan fingerprint density at radius 3 is 2.75 bits per heavy atom. The van der Waals surface area contributed by atoms with Crippen molar-refractivity contribution in [2.24, 2.45) is 0 Å². The Kier molecular flexibility index (Phi) is 3.67. The summed E-state index contributed by atoms with van der Waals surface area (Å²) in [6, 6.07) is 11.5. The fraction of sp³-hybridized carbons (Fsp3) is 0.318. The highest BCUT2D eigenvalue weighted by atomic mass is 16.7. The van der Waals surface area contributed by atoms with Crippen molar-refractivity contribution in [3.05, 3.63) is 58.7 Å². The van der Waals surface area contributed by atoms with Crippen LogP contribution in [0.3, 0.4) is 0 Å². The zero-order chi connectivity index (χ0) is 19.5. The van der Waals surface area contributed by atoms with Gasteiger partial charge in [0.05, 0.1) is 6.61 Å². The maximum Gasteiger partial charge on any atom is 0.343 e. The topological polar surface area (TPSA) is 68.2 Å². The van der Waals surface area contributed by atoms with Crippen LogP contribution in [0.1, 0.15) is 35.6 Å². The average Bonchev–Trinajstić information content (AvgIpc) is 3.14. The van der Waals surface area contributed by atoms with Gasteiger partial charge in [0.2, 0.25) is 6.79 Å². The largest absolute Gasteiger partial charge is 0.464 e. The summed E-state index contributed by atoms with van der Waals surface area (Å²) in [6.45, 7) is 2.86. The first-order chi connectivity index (χ1) is 13.5. The quantitative estimate of drug-likeness (QED) is 0.810. The Morgan fingerprint density at radius 1 is 1.21 bits per heavy atom. The maximum absolute atomic E-state index is 12.8. The monoisotopic (exact) mass is 379 g/mol. The van der Waals surface area contributed by atoms with Crippen LogP contribution in [0.15, 0.2) is 36.4 Å². The minimum absolute atomic E-state index is 0.148. The van der Waals surface area contributed by atoms with E-state index in [2.05, 4.69) is 4.90 Å². The van der Waals surface area contributed by atoms with Gasteiger partial charge in [0, 0.05) is 36.8 Å². The van der Waals surface area contributed by atoms with Crippen molar-refractivity contribution in [1.82, 2.24) is 4.90 Å². The highest BCUT2D eigenvalue weighted by Crippen LogP contribution is 2.51. The molecule has 144 valence electrons. The minimum atomic E-state index is -1.72. The summed E-state index contributed by atoms with van der Waals surface area (Å²) in [4.78, 5) is 14.9. The predicted octanol–water partition coefficient (Wildman–Crippen LogP) is 2.88. The summed E-state index contributed by atoms with van der Waals surface area (Å²) in [5.41, 5.74) is 3.71. The lowest BCUT2D eigenvalue weighted by Gasteiger charge is -2.41. The highest BCUT2D eigenvalue weighted by Gasteiger charge is 2.47. The molecule has 3 aliphatic rings. The SMILES string of the molecule is CCOC(=O)C1(O)CC2=C(c3ccccc31)N(C)Cc1cc3c(cc12)OCO3. The maximum atomic E-state index is 12.8. The summed E-state index contributed by atoms with van der Waals surface area (Å²) < 4.78 is 16.3. The summed E-state index contributed by atoms with van der Waals surface area (Å²) in [7, 11) is 2.02. The van der Waals surface area contributed by atoms with Crippen LogP contribution >= 0.6 is 0 Å². The molecule has 0 fully saturated rings. The number of esters is 1. The second-order valence-electron chi connectivity index (χ2n) is 7.35. The van der Waals surface area contributed by atoms with Crippen LogP contribution in [0.5, 0.6) is 11.5 Å². The van der Waals surface area contributed by atoms with E-state index in [0.717, 1.165) is 33.7 Å². The number of benzene rings is 2. The Balaban J connectivity index is 1.75. The zero-order valence-corrected chi connectivity index (χ0v) is 15.8. The van der Waals surface area contributed by atoms with E-state index in [1.54, 1.807) is 13.0 Å². The van der Waals surface area contributed by atoms with Gasteiger partial charge in [-0.25, -0.2) is 4.79 Å². The van der Waals surface area contributed by atoms with Gasteiger partial charge < -0.3 is 24.2 Å². The molecule has 1 aliphatic carbocycles.